The summed E-state index contributed by atoms with van der Waals surface area (Å²) in [7, 11) is 0. The van der Waals surface area contributed by atoms with Crippen molar-refractivity contribution in [2.75, 3.05) is 19.6 Å². The first-order chi connectivity index (χ1) is 11.8. The van der Waals surface area contributed by atoms with Crippen molar-refractivity contribution in [3.8, 4) is 0 Å². The second-order valence-electron chi connectivity index (χ2n) is 6.08. The van der Waals surface area contributed by atoms with Crippen molar-refractivity contribution in [3.05, 3.63) is 66.5 Å². The highest BCUT2D eigenvalue weighted by atomic mass is 16.2. The molecule has 1 fully saturated rings. The molecule has 3 aromatic rings. The Labute approximate surface area is 140 Å². The summed E-state index contributed by atoms with van der Waals surface area (Å²) >= 11 is 0. The molecule has 1 amide bonds. The van der Waals surface area contributed by atoms with Crippen LogP contribution in [0.5, 0.6) is 0 Å². The van der Waals surface area contributed by atoms with Gasteiger partial charge in [0, 0.05) is 19.6 Å². The summed E-state index contributed by atoms with van der Waals surface area (Å²) in [5.41, 5.74) is 3.09. The number of hydrogen-bond acceptors (Lipinski definition) is 3. The minimum absolute atomic E-state index is 0.0854. The maximum Gasteiger partial charge on any atom is 0.243 e. The largest absolute Gasteiger partial charge is 0.332 e. The van der Waals surface area contributed by atoms with E-state index in [1.54, 1.807) is 6.33 Å². The number of para-hydroxylation sites is 2. The molecule has 2 aromatic carbocycles. The van der Waals surface area contributed by atoms with Crippen LogP contribution in [0.15, 0.2) is 60.9 Å². The minimum Gasteiger partial charge on any atom is -0.332 e. The monoisotopic (exact) mass is 320 g/mol. The zero-order valence-corrected chi connectivity index (χ0v) is 13.4. The number of rotatable bonds is 3. The van der Waals surface area contributed by atoms with E-state index in [4.69, 9.17) is 0 Å². The van der Waals surface area contributed by atoms with E-state index in [0.29, 0.717) is 6.54 Å². The van der Waals surface area contributed by atoms with Crippen molar-refractivity contribution < 1.29 is 4.79 Å². The van der Waals surface area contributed by atoms with Crippen LogP contribution in [-0.2, 0) is 11.3 Å². The molecule has 122 valence electrons. The third-order valence-corrected chi connectivity index (χ3v) is 4.58. The van der Waals surface area contributed by atoms with Crippen molar-refractivity contribution in [2.45, 2.75) is 12.6 Å². The molecule has 0 radical (unpaired) electrons. The van der Waals surface area contributed by atoms with E-state index in [2.05, 4.69) is 22.4 Å². The van der Waals surface area contributed by atoms with Gasteiger partial charge in [-0.2, -0.15) is 0 Å². The smallest absolute Gasteiger partial charge is 0.243 e. The molecule has 5 nitrogen and oxygen atoms in total. The van der Waals surface area contributed by atoms with E-state index >= 15 is 0 Å². The number of piperazine rings is 1. The fourth-order valence-electron chi connectivity index (χ4n) is 3.35. The number of aromatic nitrogens is 2. The number of nitrogens with one attached hydrogen (secondary N) is 1. The molecule has 1 aromatic heterocycles. The lowest BCUT2D eigenvalue weighted by Gasteiger charge is -2.36. The average Bonchev–Trinajstić information content (AvgIpc) is 3.05. The first-order valence-corrected chi connectivity index (χ1v) is 8.28. The van der Waals surface area contributed by atoms with Gasteiger partial charge in [0.05, 0.1) is 23.4 Å². The predicted molar refractivity (Wildman–Crippen MR) is 93.5 cm³/mol. The van der Waals surface area contributed by atoms with E-state index in [1.807, 2.05) is 51.9 Å². The van der Waals surface area contributed by atoms with Crippen molar-refractivity contribution in [1.82, 2.24) is 19.8 Å². The minimum atomic E-state index is 0.0854. The summed E-state index contributed by atoms with van der Waals surface area (Å²) in [6, 6.07) is 18.2. The zero-order valence-electron chi connectivity index (χ0n) is 13.4. The Hall–Kier alpha value is -2.66. The average molecular weight is 320 g/mol. The topological polar surface area (TPSA) is 50.2 Å². The van der Waals surface area contributed by atoms with Crippen LogP contribution >= 0.6 is 0 Å². The van der Waals surface area contributed by atoms with Crippen LogP contribution in [0.3, 0.4) is 0 Å². The van der Waals surface area contributed by atoms with E-state index in [-0.39, 0.29) is 11.9 Å². The van der Waals surface area contributed by atoms with Crippen LogP contribution < -0.4 is 5.32 Å². The van der Waals surface area contributed by atoms with Crippen molar-refractivity contribution in [2.24, 2.45) is 0 Å². The maximum absolute atomic E-state index is 12.9. The normalized spacial score (nSPS) is 18.0. The molecule has 0 aliphatic carbocycles. The molecule has 1 unspecified atom stereocenters. The van der Waals surface area contributed by atoms with Gasteiger partial charge in [0.1, 0.15) is 6.54 Å². The van der Waals surface area contributed by atoms with Gasteiger partial charge >= 0.3 is 0 Å². The summed E-state index contributed by atoms with van der Waals surface area (Å²) in [4.78, 5) is 19.3. The summed E-state index contributed by atoms with van der Waals surface area (Å²) in [6.07, 6.45) is 1.75. The lowest BCUT2D eigenvalue weighted by molar-refractivity contribution is -0.135. The third kappa shape index (κ3) is 2.78. The van der Waals surface area contributed by atoms with E-state index < -0.39 is 0 Å². The number of carbonyl (C=O) groups excluding carboxylic acids is 1. The highest BCUT2D eigenvalue weighted by Gasteiger charge is 2.27. The molecular formula is C19H20N4O. The van der Waals surface area contributed by atoms with Gasteiger partial charge in [0.15, 0.2) is 0 Å². The summed E-state index contributed by atoms with van der Waals surface area (Å²) in [6.45, 7) is 2.68. The molecule has 1 aliphatic rings. The highest BCUT2D eigenvalue weighted by Crippen LogP contribution is 2.23. The molecule has 0 saturated carbocycles. The number of nitrogens with zero attached hydrogens (tertiary/aromatic N) is 3. The van der Waals surface area contributed by atoms with Crippen molar-refractivity contribution in [1.29, 1.82) is 0 Å². The van der Waals surface area contributed by atoms with E-state index in [0.717, 1.165) is 30.7 Å². The number of fused-ring (bicyclic) bond motifs is 1. The highest BCUT2D eigenvalue weighted by molar-refractivity contribution is 5.81. The molecule has 0 bridgehead atoms. The van der Waals surface area contributed by atoms with Gasteiger partial charge < -0.3 is 14.8 Å². The SMILES string of the molecule is O=C(Cn1cnc2ccccc21)N1CCNCC1c1ccccc1. The molecular weight excluding hydrogens is 300 g/mol. The molecule has 1 N–H and O–H groups in total. The number of benzene rings is 2. The lowest BCUT2D eigenvalue weighted by atomic mass is 10.0. The Kier molecular flexibility index (Phi) is 4.01. The van der Waals surface area contributed by atoms with E-state index in [1.165, 1.54) is 5.56 Å². The quantitative estimate of drug-likeness (QED) is 0.805. The number of amides is 1. The molecule has 1 saturated heterocycles. The summed E-state index contributed by atoms with van der Waals surface area (Å²) in [5.74, 6) is 0.133. The Morgan fingerprint density at radius 2 is 1.92 bits per heavy atom. The third-order valence-electron chi connectivity index (χ3n) is 4.58. The van der Waals surface area contributed by atoms with Crippen LogP contribution in [0.4, 0.5) is 0 Å². The Morgan fingerprint density at radius 1 is 1.12 bits per heavy atom. The zero-order chi connectivity index (χ0) is 16.4. The molecule has 24 heavy (non-hydrogen) atoms. The van der Waals surface area contributed by atoms with Crippen LogP contribution in [0, 0.1) is 0 Å². The molecule has 4 rings (SSSR count). The van der Waals surface area contributed by atoms with Gasteiger partial charge in [-0.15, -0.1) is 0 Å². The first-order valence-electron chi connectivity index (χ1n) is 8.28. The van der Waals surface area contributed by atoms with Crippen LogP contribution in [0.1, 0.15) is 11.6 Å². The molecule has 1 atom stereocenters. The molecule has 5 heteroatoms. The number of hydrogen-bond donors (Lipinski definition) is 1. The van der Waals surface area contributed by atoms with E-state index in [9.17, 15) is 4.79 Å². The lowest BCUT2D eigenvalue weighted by Crippen LogP contribution is -2.49. The second-order valence-corrected chi connectivity index (χ2v) is 6.08. The van der Waals surface area contributed by atoms with Crippen LogP contribution in [0.25, 0.3) is 11.0 Å². The molecule has 1 aliphatic heterocycles. The Morgan fingerprint density at radius 3 is 2.79 bits per heavy atom. The van der Waals surface area contributed by atoms with Gasteiger partial charge in [0.25, 0.3) is 0 Å². The second kappa shape index (κ2) is 6.45. The maximum atomic E-state index is 12.9. The number of carbonyl (C=O) groups is 1. The van der Waals surface area contributed by atoms with Gasteiger partial charge in [-0.05, 0) is 17.7 Å². The fourth-order valence-corrected chi connectivity index (χ4v) is 3.35. The fraction of sp³-hybridized carbons (Fsp3) is 0.263. The standard InChI is InChI=1S/C19H20N4O/c24-19(13-22-14-21-16-8-4-5-9-17(16)22)23-11-10-20-12-18(23)15-6-2-1-3-7-15/h1-9,14,18,20H,10-13H2. The van der Waals surface area contributed by atoms with Crippen LogP contribution in [-0.4, -0.2) is 40.0 Å². The summed E-state index contributed by atoms with van der Waals surface area (Å²) < 4.78 is 1.93. The van der Waals surface area contributed by atoms with Gasteiger partial charge in [-0.1, -0.05) is 42.5 Å². The van der Waals surface area contributed by atoms with Gasteiger partial charge in [0.2, 0.25) is 5.91 Å². The Bertz CT molecular complexity index is 843. The summed E-state index contributed by atoms with van der Waals surface area (Å²) in [5, 5.41) is 3.39. The van der Waals surface area contributed by atoms with Crippen molar-refractivity contribution >= 4 is 16.9 Å². The van der Waals surface area contributed by atoms with Gasteiger partial charge in [-0.3, -0.25) is 4.79 Å². The van der Waals surface area contributed by atoms with Crippen molar-refractivity contribution in [3.63, 3.8) is 0 Å². The predicted octanol–water partition coefficient (Wildman–Crippen LogP) is 2.21. The van der Waals surface area contributed by atoms with Crippen LogP contribution in [0.2, 0.25) is 0 Å². The first kappa shape index (κ1) is 14.9. The Balaban J connectivity index is 1.58. The molecule has 2 heterocycles. The number of imidazole rings is 1. The molecule has 0 spiro atoms. The van der Waals surface area contributed by atoms with Gasteiger partial charge in [-0.25, -0.2) is 4.98 Å².